The largest absolute Gasteiger partial charge is 0.399 e. The molecule has 0 amide bonds. The van der Waals surface area contributed by atoms with Crippen molar-refractivity contribution < 1.29 is 8.42 Å². The van der Waals surface area contributed by atoms with Crippen molar-refractivity contribution in [3.05, 3.63) is 42.9 Å². The molecule has 0 radical (unpaired) electrons. The molecule has 0 fully saturated rings. The minimum Gasteiger partial charge on any atom is -0.399 e. The standard InChI is InChI=1S/C10H10N4O2S/c11-8-1-3-9(4-2-8)17(15,16)14-10-5-6-12-7-13-10/h1-7H,11H2,(H,12,13,14). The zero-order chi connectivity index (χ0) is 12.3. The molecule has 0 bridgehead atoms. The van der Waals surface area contributed by atoms with Gasteiger partial charge in [-0.2, -0.15) is 0 Å². The monoisotopic (exact) mass is 250 g/mol. The van der Waals surface area contributed by atoms with Crippen LogP contribution in [0.4, 0.5) is 11.5 Å². The second-order valence-electron chi connectivity index (χ2n) is 3.27. The summed E-state index contributed by atoms with van der Waals surface area (Å²) in [5, 5.41) is 0. The number of anilines is 2. The third-order valence-electron chi connectivity index (χ3n) is 2.01. The smallest absolute Gasteiger partial charge is 0.263 e. The van der Waals surface area contributed by atoms with Crippen molar-refractivity contribution in [3.8, 4) is 0 Å². The van der Waals surface area contributed by atoms with Crippen LogP contribution in [-0.4, -0.2) is 18.4 Å². The Morgan fingerprint density at radius 1 is 1.12 bits per heavy atom. The maximum Gasteiger partial charge on any atom is 0.263 e. The van der Waals surface area contributed by atoms with Gasteiger partial charge in [0.1, 0.15) is 12.1 Å². The molecule has 1 aromatic heterocycles. The van der Waals surface area contributed by atoms with Gasteiger partial charge in [0.2, 0.25) is 0 Å². The van der Waals surface area contributed by atoms with Crippen LogP contribution in [0.15, 0.2) is 47.8 Å². The fraction of sp³-hybridized carbons (Fsp3) is 0. The first kappa shape index (κ1) is 11.3. The SMILES string of the molecule is Nc1ccc(S(=O)(=O)Nc2ccncn2)cc1. The third kappa shape index (κ3) is 2.70. The van der Waals surface area contributed by atoms with Crippen LogP contribution < -0.4 is 10.5 Å². The predicted octanol–water partition coefficient (Wildman–Crippen LogP) is 0.860. The van der Waals surface area contributed by atoms with Crippen molar-refractivity contribution in [2.45, 2.75) is 4.90 Å². The molecule has 0 atom stereocenters. The molecule has 6 nitrogen and oxygen atoms in total. The van der Waals surface area contributed by atoms with E-state index in [1.54, 1.807) is 0 Å². The Morgan fingerprint density at radius 3 is 2.41 bits per heavy atom. The molecule has 2 aromatic rings. The average molecular weight is 250 g/mol. The number of nitrogen functional groups attached to an aromatic ring is 1. The number of nitrogens with one attached hydrogen (secondary N) is 1. The van der Waals surface area contributed by atoms with Gasteiger partial charge >= 0.3 is 0 Å². The Morgan fingerprint density at radius 2 is 1.82 bits per heavy atom. The molecule has 17 heavy (non-hydrogen) atoms. The molecular weight excluding hydrogens is 240 g/mol. The molecule has 0 unspecified atom stereocenters. The molecule has 2 rings (SSSR count). The molecule has 0 aliphatic rings. The van der Waals surface area contributed by atoms with Crippen LogP contribution in [0.3, 0.4) is 0 Å². The number of rotatable bonds is 3. The summed E-state index contributed by atoms with van der Waals surface area (Å²) in [6.07, 6.45) is 2.72. The molecule has 0 spiro atoms. The quantitative estimate of drug-likeness (QED) is 0.787. The van der Waals surface area contributed by atoms with Crippen LogP contribution in [0.5, 0.6) is 0 Å². The molecule has 0 aliphatic carbocycles. The van der Waals surface area contributed by atoms with Gasteiger partial charge in [0.15, 0.2) is 0 Å². The molecule has 0 aliphatic heterocycles. The van der Waals surface area contributed by atoms with Crippen molar-refractivity contribution in [3.63, 3.8) is 0 Å². The highest BCUT2D eigenvalue weighted by Crippen LogP contribution is 2.14. The van der Waals surface area contributed by atoms with E-state index < -0.39 is 10.0 Å². The minimum absolute atomic E-state index is 0.130. The summed E-state index contributed by atoms with van der Waals surface area (Å²) >= 11 is 0. The Kier molecular flexibility index (Phi) is 2.92. The van der Waals surface area contributed by atoms with Gasteiger partial charge in [0.05, 0.1) is 4.90 Å². The number of hydrogen-bond donors (Lipinski definition) is 2. The number of aromatic nitrogens is 2. The summed E-state index contributed by atoms with van der Waals surface area (Å²) in [6, 6.07) is 7.37. The van der Waals surface area contributed by atoms with Gasteiger partial charge in [-0.3, -0.25) is 4.72 Å². The zero-order valence-corrected chi connectivity index (χ0v) is 9.55. The third-order valence-corrected chi connectivity index (χ3v) is 3.38. The summed E-state index contributed by atoms with van der Waals surface area (Å²) in [4.78, 5) is 7.61. The summed E-state index contributed by atoms with van der Waals surface area (Å²) in [5.41, 5.74) is 5.99. The van der Waals surface area contributed by atoms with E-state index in [4.69, 9.17) is 5.73 Å². The Hall–Kier alpha value is -2.15. The van der Waals surface area contributed by atoms with Gasteiger partial charge in [0, 0.05) is 11.9 Å². The predicted molar refractivity (Wildman–Crippen MR) is 63.7 cm³/mol. The fourth-order valence-electron chi connectivity index (χ4n) is 1.19. The van der Waals surface area contributed by atoms with Gasteiger partial charge in [-0.1, -0.05) is 0 Å². The first-order valence-electron chi connectivity index (χ1n) is 4.72. The molecular formula is C10H10N4O2S. The fourth-order valence-corrected chi connectivity index (χ4v) is 2.20. The highest BCUT2D eigenvalue weighted by atomic mass is 32.2. The van der Waals surface area contributed by atoms with Crippen LogP contribution in [-0.2, 0) is 10.0 Å². The highest BCUT2D eigenvalue weighted by molar-refractivity contribution is 7.92. The number of sulfonamides is 1. The zero-order valence-electron chi connectivity index (χ0n) is 8.74. The lowest BCUT2D eigenvalue weighted by molar-refractivity contribution is 0.601. The molecule has 3 N–H and O–H groups in total. The van der Waals surface area contributed by atoms with E-state index in [0.717, 1.165) is 0 Å². The summed E-state index contributed by atoms with van der Waals surface area (Å²) in [5.74, 6) is 0.219. The lowest BCUT2D eigenvalue weighted by Gasteiger charge is -2.06. The number of nitrogens with two attached hydrogens (primary N) is 1. The van der Waals surface area contributed by atoms with Crippen LogP contribution in [0.1, 0.15) is 0 Å². The normalized spacial score (nSPS) is 11.1. The van der Waals surface area contributed by atoms with E-state index in [1.165, 1.54) is 42.9 Å². The Labute approximate surface area is 98.6 Å². The Bertz CT molecular complexity index is 596. The Balaban J connectivity index is 2.29. The minimum atomic E-state index is -3.63. The molecule has 1 aromatic carbocycles. The lowest BCUT2D eigenvalue weighted by Crippen LogP contribution is -2.13. The summed E-state index contributed by atoms with van der Waals surface area (Å²) < 4.78 is 26.1. The van der Waals surface area contributed by atoms with Crippen molar-refractivity contribution in [1.29, 1.82) is 0 Å². The van der Waals surface area contributed by atoms with Crippen molar-refractivity contribution >= 4 is 21.5 Å². The average Bonchev–Trinajstić information content (AvgIpc) is 2.30. The topological polar surface area (TPSA) is 98.0 Å². The van der Waals surface area contributed by atoms with Gasteiger partial charge in [-0.25, -0.2) is 18.4 Å². The maximum atomic E-state index is 11.9. The van der Waals surface area contributed by atoms with Crippen molar-refractivity contribution in [2.75, 3.05) is 10.5 Å². The number of benzene rings is 1. The molecule has 1 heterocycles. The van der Waals surface area contributed by atoms with Gasteiger partial charge in [-0.05, 0) is 30.3 Å². The first-order valence-corrected chi connectivity index (χ1v) is 6.20. The molecule has 0 saturated heterocycles. The second-order valence-corrected chi connectivity index (χ2v) is 4.95. The van der Waals surface area contributed by atoms with Gasteiger partial charge in [0.25, 0.3) is 10.0 Å². The lowest BCUT2D eigenvalue weighted by atomic mass is 10.3. The summed E-state index contributed by atoms with van der Waals surface area (Å²) in [7, 11) is -3.63. The number of nitrogens with zero attached hydrogens (tertiary/aromatic N) is 2. The number of hydrogen-bond acceptors (Lipinski definition) is 5. The van der Waals surface area contributed by atoms with E-state index in [9.17, 15) is 8.42 Å². The first-order chi connectivity index (χ1) is 8.08. The molecule has 0 saturated carbocycles. The van der Waals surface area contributed by atoms with E-state index in [2.05, 4.69) is 14.7 Å². The van der Waals surface area contributed by atoms with Gasteiger partial charge in [-0.15, -0.1) is 0 Å². The van der Waals surface area contributed by atoms with E-state index in [1.807, 2.05) is 0 Å². The van der Waals surface area contributed by atoms with E-state index >= 15 is 0 Å². The van der Waals surface area contributed by atoms with Crippen LogP contribution in [0, 0.1) is 0 Å². The van der Waals surface area contributed by atoms with E-state index in [-0.39, 0.29) is 10.7 Å². The summed E-state index contributed by atoms with van der Waals surface area (Å²) in [6.45, 7) is 0. The molecule has 7 heteroatoms. The highest BCUT2D eigenvalue weighted by Gasteiger charge is 2.13. The van der Waals surface area contributed by atoms with Crippen molar-refractivity contribution in [2.24, 2.45) is 0 Å². The van der Waals surface area contributed by atoms with E-state index in [0.29, 0.717) is 5.69 Å². The van der Waals surface area contributed by atoms with Crippen LogP contribution in [0.2, 0.25) is 0 Å². The molecule has 88 valence electrons. The second kappa shape index (κ2) is 4.38. The van der Waals surface area contributed by atoms with Crippen LogP contribution in [0.25, 0.3) is 0 Å². The van der Waals surface area contributed by atoms with Gasteiger partial charge < -0.3 is 5.73 Å². The maximum absolute atomic E-state index is 11.9. The van der Waals surface area contributed by atoms with Crippen molar-refractivity contribution in [1.82, 2.24) is 9.97 Å². The van der Waals surface area contributed by atoms with Crippen LogP contribution >= 0.6 is 0 Å².